The maximum Gasteiger partial charge on any atom is 0.492 e. The maximum absolute atomic E-state index is 10.3. The summed E-state index contributed by atoms with van der Waals surface area (Å²) in [4.78, 5) is 13.2. The van der Waals surface area contributed by atoms with Crippen LogP contribution in [0.15, 0.2) is 4.73 Å². The third-order valence-corrected chi connectivity index (χ3v) is 2.11. The summed E-state index contributed by atoms with van der Waals surface area (Å²) in [6, 6.07) is 0. The van der Waals surface area contributed by atoms with Gasteiger partial charge in [0.05, 0.1) is 19.3 Å². The van der Waals surface area contributed by atoms with Crippen molar-refractivity contribution in [3.05, 3.63) is 14.8 Å². The lowest BCUT2D eigenvalue weighted by Gasteiger charge is -2.06. The average Bonchev–Trinajstić information content (AvgIpc) is 2.48. The van der Waals surface area contributed by atoms with Crippen LogP contribution in [0.3, 0.4) is 0 Å². The van der Waals surface area contributed by atoms with Crippen LogP contribution in [-0.4, -0.2) is 44.6 Å². The van der Waals surface area contributed by atoms with Gasteiger partial charge >= 0.3 is 5.95 Å². The van der Waals surface area contributed by atoms with Crippen molar-refractivity contribution in [2.24, 2.45) is 0 Å². The van der Waals surface area contributed by atoms with Gasteiger partial charge in [-0.2, -0.15) is 4.68 Å². The third-order valence-electron chi connectivity index (χ3n) is 1.52. The number of aliphatic hydroxyl groups is 1. The van der Waals surface area contributed by atoms with Gasteiger partial charge in [-0.25, -0.2) is 0 Å². The van der Waals surface area contributed by atoms with Crippen LogP contribution in [0.25, 0.3) is 0 Å². The minimum atomic E-state index is -0.785. The van der Waals surface area contributed by atoms with Gasteiger partial charge in [-0.15, -0.1) is 0 Å². The molecule has 0 spiro atoms. The monoisotopic (exact) mass is 280 g/mol. The molecule has 0 aliphatic rings. The molecule has 0 bridgehead atoms. The second-order valence-electron chi connectivity index (χ2n) is 2.73. The van der Waals surface area contributed by atoms with E-state index in [0.29, 0.717) is 0 Å². The van der Waals surface area contributed by atoms with E-state index in [1.54, 1.807) is 0 Å². The molecule has 0 saturated heterocycles. The molecule has 1 rings (SSSR count). The fraction of sp³-hybridized carbons (Fsp3) is 0.667. The summed E-state index contributed by atoms with van der Waals surface area (Å²) in [7, 11) is 1.45. The molecule has 8 nitrogen and oxygen atoms in total. The van der Waals surface area contributed by atoms with Crippen LogP contribution in [0.5, 0.6) is 0 Å². The zero-order chi connectivity index (χ0) is 11.4. The molecule has 1 aromatic heterocycles. The van der Waals surface area contributed by atoms with E-state index in [9.17, 15) is 15.2 Å². The van der Waals surface area contributed by atoms with Crippen molar-refractivity contribution >= 4 is 21.9 Å². The van der Waals surface area contributed by atoms with Crippen LogP contribution in [0.1, 0.15) is 0 Å². The number of methoxy groups -OCH3 is 1. The van der Waals surface area contributed by atoms with E-state index < -0.39 is 17.0 Å². The molecule has 0 saturated carbocycles. The van der Waals surface area contributed by atoms with E-state index in [1.807, 2.05) is 0 Å². The Hall–Kier alpha value is -1.06. The predicted molar refractivity (Wildman–Crippen MR) is 52.3 cm³/mol. The van der Waals surface area contributed by atoms with Crippen LogP contribution < -0.4 is 0 Å². The van der Waals surface area contributed by atoms with Gasteiger partial charge in [0.25, 0.3) is 4.73 Å². The standard InChI is InChI=1S/C6H9BrN4O4/c1-15-3-4(12)2-10-5(7)8-6(9-10)11(13)14/h4,12H,2-3H2,1H3. The first-order chi connectivity index (χ1) is 7.04. The Morgan fingerprint density at radius 3 is 2.93 bits per heavy atom. The van der Waals surface area contributed by atoms with Gasteiger partial charge in [-0.1, -0.05) is 0 Å². The molecule has 1 atom stereocenters. The molecule has 1 unspecified atom stereocenters. The second kappa shape index (κ2) is 5.14. The summed E-state index contributed by atoms with van der Waals surface area (Å²) >= 11 is 3.00. The number of hydrogen-bond acceptors (Lipinski definition) is 6. The van der Waals surface area contributed by atoms with Crippen LogP contribution in [-0.2, 0) is 11.3 Å². The van der Waals surface area contributed by atoms with Crippen molar-refractivity contribution in [3.63, 3.8) is 0 Å². The minimum absolute atomic E-state index is 0.0786. The number of nitro groups is 1. The Kier molecular flexibility index (Phi) is 4.12. The molecule has 0 aliphatic heterocycles. The number of rotatable bonds is 5. The largest absolute Gasteiger partial charge is 0.492 e. The third kappa shape index (κ3) is 3.22. The quantitative estimate of drug-likeness (QED) is 0.599. The molecule has 0 fully saturated rings. The van der Waals surface area contributed by atoms with Crippen molar-refractivity contribution in [1.82, 2.24) is 14.8 Å². The van der Waals surface area contributed by atoms with Crippen LogP contribution >= 0.6 is 15.9 Å². The van der Waals surface area contributed by atoms with Crippen molar-refractivity contribution < 1.29 is 14.8 Å². The van der Waals surface area contributed by atoms with Crippen molar-refractivity contribution in [3.8, 4) is 0 Å². The first-order valence-electron chi connectivity index (χ1n) is 3.96. The second-order valence-corrected chi connectivity index (χ2v) is 3.44. The zero-order valence-electron chi connectivity index (χ0n) is 7.83. The molecule has 9 heteroatoms. The zero-order valence-corrected chi connectivity index (χ0v) is 9.42. The van der Waals surface area contributed by atoms with Gasteiger partial charge in [0.2, 0.25) is 0 Å². The molecule has 1 N–H and O–H groups in total. The summed E-state index contributed by atoms with van der Waals surface area (Å²) < 4.78 is 6.10. The van der Waals surface area contributed by atoms with Gasteiger partial charge < -0.3 is 20.0 Å². The topological polar surface area (TPSA) is 103 Å². The maximum atomic E-state index is 10.3. The molecular formula is C6H9BrN4O4. The van der Waals surface area contributed by atoms with Crippen LogP contribution in [0, 0.1) is 10.1 Å². The van der Waals surface area contributed by atoms with Gasteiger partial charge in [0.1, 0.15) is 0 Å². The Bertz CT molecular complexity index is 355. The SMILES string of the molecule is COCC(O)Cn1nc([N+](=O)[O-])nc1Br. The molecule has 1 aromatic rings. The Labute approximate surface area is 93.1 Å². The van der Waals surface area contributed by atoms with E-state index in [1.165, 1.54) is 11.8 Å². The fourth-order valence-corrected chi connectivity index (χ4v) is 1.33. The van der Waals surface area contributed by atoms with Gasteiger partial charge in [-0.05, 0) is 9.91 Å². The predicted octanol–water partition coefficient (Wildman–Crippen LogP) is -0.0439. The summed E-state index contributed by atoms with van der Waals surface area (Å²) in [5.74, 6) is -0.508. The number of aliphatic hydroxyl groups excluding tert-OH is 1. The van der Waals surface area contributed by atoms with Crippen molar-refractivity contribution in [2.75, 3.05) is 13.7 Å². The summed E-state index contributed by atoms with van der Waals surface area (Å²) in [5, 5.41) is 23.3. The summed E-state index contributed by atoms with van der Waals surface area (Å²) in [6.45, 7) is 0.204. The number of aromatic nitrogens is 3. The molecule has 15 heavy (non-hydrogen) atoms. The lowest BCUT2D eigenvalue weighted by Crippen LogP contribution is -2.22. The van der Waals surface area contributed by atoms with E-state index in [4.69, 9.17) is 4.74 Å². The van der Waals surface area contributed by atoms with E-state index in [-0.39, 0.29) is 17.9 Å². The van der Waals surface area contributed by atoms with E-state index >= 15 is 0 Å². The highest BCUT2D eigenvalue weighted by atomic mass is 79.9. The Morgan fingerprint density at radius 1 is 1.80 bits per heavy atom. The van der Waals surface area contributed by atoms with Gasteiger partial charge in [0.15, 0.2) is 0 Å². The van der Waals surface area contributed by atoms with Gasteiger partial charge in [0, 0.05) is 28.1 Å². The molecule has 0 aromatic carbocycles. The highest BCUT2D eigenvalue weighted by molar-refractivity contribution is 9.10. The van der Waals surface area contributed by atoms with Gasteiger partial charge in [-0.3, -0.25) is 0 Å². The Balaban J connectivity index is 2.72. The molecule has 0 amide bonds. The molecular weight excluding hydrogens is 272 g/mol. The highest BCUT2D eigenvalue weighted by Crippen LogP contribution is 2.12. The fourth-order valence-electron chi connectivity index (χ4n) is 0.950. The average molecular weight is 281 g/mol. The number of nitrogens with zero attached hydrogens (tertiary/aromatic N) is 4. The van der Waals surface area contributed by atoms with Crippen molar-refractivity contribution in [1.29, 1.82) is 0 Å². The minimum Gasteiger partial charge on any atom is -0.390 e. The lowest BCUT2D eigenvalue weighted by atomic mass is 10.4. The highest BCUT2D eigenvalue weighted by Gasteiger charge is 2.21. The first kappa shape index (κ1) is 12.0. The van der Waals surface area contributed by atoms with Crippen LogP contribution in [0.2, 0.25) is 0 Å². The smallest absolute Gasteiger partial charge is 0.390 e. The van der Waals surface area contributed by atoms with E-state index in [0.717, 1.165) is 0 Å². The lowest BCUT2D eigenvalue weighted by molar-refractivity contribution is -0.394. The summed E-state index contributed by atoms with van der Waals surface area (Å²) in [5.41, 5.74) is 0. The number of halogens is 1. The normalized spacial score (nSPS) is 12.7. The molecule has 84 valence electrons. The number of hydrogen-bond donors (Lipinski definition) is 1. The first-order valence-corrected chi connectivity index (χ1v) is 4.75. The summed E-state index contributed by atoms with van der Waals surface area (Å²) in [6.07, 6.45) is -0.785. The molecule has 1 heterocycles. The number of ether oxygens (including phenoxy) is 1. The molecule has 0 radical (unpaired) electrons. The van der Waals surface area contributed by atoms with E-state index in [2.05, 4.69) is 26.0 Å². The van der Waals surface area contributed by atoms with Crippen LogP contribution in [0.4, 0.5) is 5.95 Å². The van der Waals surface area contributed by atoms with Crippen molar-refractivity contribution in [2.45, 2.75) is 12.6 Å². The molecule has 0 aliphatic carbocycles. The Morgan fingerprint density at radius 2 is 2.47 bits per heavy atom.